The molecule has 1 aromatic heterocycles. The molecule has 1 aliphatic rings. The number of hydrogen-bond acceptors (Lipinski definition) is 13. The molecule has 3 amide bonds. The summed E-state index contributed by atoms with van der Waals surface area (Å²) in [5.41, 5.74) is 5.89. The topological polar surface area (TPSA) is 248 Å². The van der Waals surface area contributed by atoms with Gasteiger partial charge in [0.05, 0.1) is 11.4 Å². The first-order valence-corrected chi connectivity index (χ1v) is 12.4. The number of β-lactam (4-membered cyclic amide) rings is 1. The SMILES string of the molecule is Nc1nc(CON=CC(=O)N[C@@H]2C(=O)N(S(=O)(=O)O)[C@H]2SCC(=O)NS(=O)(=O)O)cs1. The van der Waals surface area contributed by atoms with E-state index in [1.165, 1.54) is 16.1 Å². The first-order valence-electron chi connectivity index (χ1n) is 7.64. The van der Waals surface area contributed by atoms with Gasteiger partial charge in [0.25, 0.3) is 11.8 Å². The Morgan fingerprint density at radius 2 is 2.06 bits per heavy atom. The van der Waals surface area contributed by atoms with Gasteiger partial charge in [-0.05, 0) is 0 Å². The molecule has 31 heavy (non-hydrogen) atoms. The second-order valence-corrected chi connectivity index (χ2v) is 9.92. The van der Waals surface area contributed by atoms with Crippen LogP contribution < -0.4 is 15.8 Å². The van der Waals surface area contributed by atoms with Gasteiger partial charge >= 0.3 is 20.6 Å². The minimum atomic E-state index is -5.03. The Hall–Kier alpha value is -2.52. The smallest absolute Gasteiger partial charge is 0.363 e. The van der Waals surface area contributed by atoms with Crippen LogP contribution in [-0.4, -0.2) is 76.3 Å². The highest BCUT2D eigenvalue weighted by molar-refractivity contribution is 8.01. The van der Waals surface area contributed by atoms with Gasteiger partial charge in [-0.2, -0.15) is 21.1 Å². The number of nitrogens with two attached hydrogens (primary N) is 1. The summed E-state index contributed by atoms with van der Waals surface area (Å²) < 4.78 is 62.7. The number of nitrogens with one attached hydrogen (secondary N) is 2. The number of hydrogen-bond donors (Lipinski definition) is 5. The maximum Gasteiger partial charge on any atom is 0.363 e. The molecular formula is C11H14N6O10S4. The predicted molar refractivity (Wildman–Crippen MR) is 106 cm³/mol. The van der Waals surface area contributed by atoms with Crippen molar-refractivity contribution in [3.63, 3.8) is 0 Å². The summed E-state index contributed by atoms with van der Waals surface area (Å²) in [6.07, 6.45) is 0.645. The third-order valence-electron chi connectivity index (χ3n) is 3.20. The molecule has 2 heterocycles. The summed E-state index contributed by atoms with van der Waals surface area (Å²) >= 11 is 1.56. The molecule has 0 bridgehead atoms. The van der Waals surface area contributed by atoms with E-state index in [0.29, 0.717) is 28.8 Å². The van der Waals surface area contributed by atoms with Crippen LogP contribution in [0.5, 0.6) is 0 Å². The van der Waals surface area contributed by atoms with E-state index in [1.807, 2.05) is 0 Å². The lowest BCUT2D eigenvalue weighted by Crippen LogP contribution is -2.70. The van der Waals surface area contributed by atoms with Crippen LogP contribution in [0.4, 0.5) is 5.13 Å². The summed E-state index contributed by atoms with van der Waals surface area (Å²) in [5, 5.41) is 5.88. The van der Waals surface area contributed by atoms with Gasteiger partial charge in [-0.1, -0.05) is 5.16 Å². The third kappa shape index (κ3) is 7.29. The predicted octanol–water partition coefficient (Wildman–Crippen LogP) is -2.66. The number of nitrogen functional groups attached to an aromatic ring is 1. The zero-order valence-corrected chi connectivity index (χ0v) is 18.2. The van der Waals surface area contributed by atoms with Crippen molar-refractivity contribution in [3.05, 3.63) is 11.1 Å². The van der Waals surface area contributed by atoms with E-state index >= 15 is 0 Å². The average Bonchev–Trinajstić information content (AvgIpc) is 3.02. The van der Waals surface area contributed by atoms with Gasteiger partial charge in [0, 0.05) is 5.38 Å². The third-order valence-corrected chi connectivity index (χ3v) is 6.70. The average molecular weight is 519 g/mol. The second-order valence-electron chi connectivity index (χ2n) is 5.49. The summed E-state index contributed by atoms with van der Waals surface area (Å²) in [4.78, 5) is 44.0. The number of carbonyl (C=O) groups excluding carboxylic acids is 3. The van der Waals surface area contributed by atoms with Crippen molar-refractivity contribution in [3.8, 4) is 0 Å². The second kappa shape index (κ2) is 9.74. The Kier molecular flexibility index (Phi) is 7.77. The summed E-state index contributed by atoms with van der Waals surface area (Å²) in [6.45, 7) is -0.0995. The highest BCUT2D eigenvalue weighted by atomic mass is 32.2. The maximum absolute atomic E-state index is 12.0. The van der Waals surface area contributed by atoms with Gasteiger partial charge in [-0.3, -0.25) is 23.5 Å². The molecule has 2 atom stereocenters. The number of nitrogens with zero attached hydrogens (tertiary/aromatic N) is 3. The van der Waals surface area contributed by atoms with Crippen LogP contribution in [0.2, 0.25) is 0 Å². The van der Waals surface area contributed by atoms with Crippen molar-refractivity contribution in [1.29, 1.82) is 0 Å². The van der Waals surface area contributed by atoms with Gasteiger partial charge in [0.1, 0.15) is 17.6 Å². The van der Waals surface area contributed by atoms with Crippen LogP contribution in [0.3, 0.4) is 0 Å². The fourth-order valence-corrected chi connectivity index (χ4v) is 5.33. The lowest BCUT2D eigenvalue weighted by atomic mass is 10.1. The molecule has 0 spiro atoms. The first-order chi connectivity index (χ1) is 14.3. The Labute approximate surface area is 183 Å². The van der Waals surface area contributed by atoms with E-state index in [2.05, 4.69) is 15.5 Å². The van der Waals surface area contributed by atoms with Gasteiger partial charge in [0.15, 0.2) is 11.7 Å². The van der Waals surface area contributed by atoms with Crippen LogP contribution in [-0.2, 0) is 46.4 Å². The van der Waals surface area contributed by atoms with Crippen LogP contribution in [0.15, 0.2) is 10.5 Å². The highest BCUT2D eigenvalue weighted by Gasteiger charge is 2.54. The molecular weight excluding hydrogens is 504 g/mol. The Bertz CT molecular complexity index is 1100. The van der Waals surface area contributed by atoms with E-state index in [9.17, 15) is 31.2 Å². The maximum atomic E-state index is 12.0. The largest absolute Gasteiger partial charge is 0.389 e. The fraction of sp³-hybridized carbons (Fsp3) is 0.364. The molecule has 1 aromatic rings. The number of amides is 3. The Morgan fingerprint density at radius 1 is 1.39 bits per heavy atom. The van der Waals surface area contributed by atoms with Gasteiger partial charge in [0.2, 0.25) is 5.91 Å². The van der Waals surface area contributed by atoms with E-state index < -0.39 is 55.5 Å². The lowest BCUT2D eigenvalue weighted by molar-refractivity contribution is -0.141. The number of thiazole rings is 1. The lowest BCUT2D eigenvalue weighted by Gasteiger charge is -2.43. The first kappa shape index (κ1) is 24.7. The summed E-state index contributed by atoms with van der Waals surface area (Å²) in [7, 11) is -9.88. The van der Waals surface area contributed by atoms with Crippen LogP contribution in [0, 0.1) is 0 Å². The van der Waals surface area contributed by atoms with E-state index in [1.54, 1.807) is 5.38 Å². The molecule has 0 radical (unpaired) electrons. The van der Waals surface area contributed by atoms with Crippen molar-refractivity contribution in [2.45, 2.75) is 18.0 Å². The van der Waals surface area contributed by atoms with Crippen molar-refractivity contribution < 1.29 is 45.2 Å². The monoisotopic (exact) mass is 518 g/mol. The molecule has 2 rings (SSSR count). The molecule has 0 aliphatic carbocycles. The molecule has 0 aromatic carbocycles. The Morgan fingerprint density at radius 3 is 2.61 bits per heavy atom. The zero-order chi connectivity index (χ0) is 23.4. The van der Waals surface area contributed by atoms with Crippen molar-refractivity contribution in [1.82, 2.24) is 19.3 Å². The van der Waals surface area contributed by atoms with Gasteiger partial charge in [-0.15, -0.1) is 23.1 Å². The molecule has 20 heteroatoms. The highest BCUT2D eigenvalue weighted by Crippen LogP contribution is 2.32. The fourth-order valence-electron chi connectivity index (χ4n) is 2.08. The van der Waals surface area contributed by atoms with Crippen molar-refractivity contribution in [2.24, 2.45) is 5.16 Å². The number of oxime groups is 1. The molecule has 0 unspecified atom stereocenters. The van der Waals surface area contributed by atoms with E-state index in [0.717, 1.165) is 0 Å². The minimum Gasteiger partial charge on any atom is -0.389 e. The minimum absolute atomic E-state index is 0.0103. The quantitative estimate of drug-likeness (QED) is 0.0919. The molecule has 1 aliphatic heterocycles. The summed E-state index contributed by atoms with van der Waals surface area (Å²) in [6, 6.07) is -1.50. The Balaban J connectivity index is 1.94. The number of carbonyl (C=O) groups is 3. The molecule has 1 fully saturated rings. The molecule has 16 nitrogen and oxygen atoms in total. The molecule has 1 saturated heterocycles. The van der Waals surface area contributed by atoms with Crippen LogP contribution >= 0.6 is 23.1 Å². The summed E-state index contributed by atoms with van der Waals surface area (Å²) in [5.74, 6) is -4.18. The van der Waals surface area contributed by atoms with E-state index in [-0.39, 0.29) is 10.9 Å². The number of aromatic nitrogens is 1. The molecule has 0 saturated carbocycles. The number of anilines is 1. The molecule has 172 valence electrons. The van der Waals surface area contributed by atoms with Gasteiger partial charge in [-0.25, -0.2) is 9.71 Å². The van der Waals surface area contributed by atoms with E-state index in [4.69, 9.17) is 19.7 Å². The van der Waals surface area contributed by atoms with Crippen LogP contribution in [0.25, 0.3) is 0 Å². The van der Waals surface area contributed by atoms with Gasteiger partial charge < -0.3 is 15.9 Å². The normalized spacial score (nSPS) is 19.2. The van der Waals surface area contributed by atoms with Crippen LogP contribution in [0.1, 0.15) is 5.69 Å². The van der Waals surface area contributed by atoms with Crippen molar-refractivity contribution >= 4 is 72.8 Å². The van der Waals surface area contributed by atoms with Crippen molar-refractivity contribution in [2.75, 3.05) is 11.5 Å². The molecule has 6 N–H and O–H groups in total. The number of thioether (sulfide) groups is 1. The standard InChI is InChI=1S/C11H14N6O10S4/c12-11-14-5(3-29-11)2-27-13-1-6(18)15-8-9(20)17(31(24,25)26)10(8)28-4-7(19)16-30(21,22)23/h1,3,8,10H,2,4H2,(H2,12,14)(H,15,18)(H,16,19)(H,21,22,23)(H,24,25,26)/t8-,10+/m1/s1. The number of rotatable bonds is 10. The zero-order valence-electron chi connectivity index (χ0n) is 14.9.